The van der Waals surface area contributed by atoms with E-state index in [2.05, 4.69) is 0 Å². The number of amides is 2. The second kappa shape index (κ2) is 9.92. The number of hydrogen-bond donors (Lipinski definition) is 0. The van der Waals surface area contributed by atoms with Crippen LogP contribution in [0.3, 0.4) is 0 Å². The molecular formula is C24H28N2O3. The molecule has 1 aliphatic heterocycles. The number of carbonyl (C=O) groups is 2. The third-order valence-corrected chi connectivity index (χ3v) is 5.24. The van der Waals surface area contributed by atoms with E-state index in [-0.39, 0.29) is 11.8 Å². The SMILES string of the molecule is COc1ccccc1CCC(=O)N1CCN(C(=O)/C(C)=C/c2ccccc2)CC1. The van der Waals surface area contributed by atoms with Crippen molar-refractivity contribution in [2.75, 3.05) is 33.3 Å². The maximum Gasteiger partial charge on any atom is 0.249 e. The van der Waals surface area contributed by atoms with Crippen molar-refractivity contribution in [2.45, 2.75) is 19.8 Å². The molecule has 1 heterocycles. The molecule has 0 bridgehead atoms. The maximum absolute atomic E-state index is 12.7. The van der Waals surface area contributed by atoms with Crippen LogP contribution >= 0.6 is 0 Å². The topological polar surface area (TPSA) is 49.9 Å². The Balaban J connectivity index is 1.50. The highest BCUT2D eigenvalue weighted by Crippen LogP contribution is 2.19. The normalized spacial score (nSPS) is 14.6. The van der Waals surface area contributed by atoms with Crippen LogP contribution in [0.4, 0.5) is 0 Å². The number of para-hydroxylation sites is 1. The lowest BCUT2D eigenvalue weighted by molar-refractivity contribution is -0.137. The first kappa shape index (κ1) is 20.6. The number of hydrogen-bond acceptors (Lipinski definition) is 3. The Morgan fingerprint density at radius 2 is 1.55 bits per heavy atom. The van der Waals surface area contributed by atoms with E-state index in [0.717, 1.165) is 16.9 Å². The van der Waals surface area contributed by atoms with Crippen LogP contribution in [0, 0.1) is 0 Å². The molecule has 0 aliphatic carbocycles. The van der Waals surface area contributed by atoms with E-state index >= 15 is 0 Å². The molecular weight excluding hydrogens is 364 g/mol. The van der Waals surface area contributed by atoms with E-state index in [4.69, 9.17) is 4.74 Å². The minimum Gasteiger partial charge on any atom is -0.496 e. The van der Waals surface area contributed by atoms with Gasteiger partial charge in [0.2, 0.25) is 11.8 Å². The molecule has 2 aromatic carbocycles. The molecule has 1 saturated heterocycles. The van der Waals surface area contributed by atoms with Gasteiger partial charge in [0.15, 0.2) is 0 Å². The highest BCUT2D eigenvalue weighted by atomic mass is 16.5. The van der Waals surface area contributed by atoms with Crippen LogP contribution in [0.1, 0.15) is 24.5 Å². The minimum atomic E-state index is 0.0370. The predicted octanol–water partition coefficient (Wildman–Crippen LogP) is 3.40. The first-order valence-corrected chi connectivity index (χ1v) is 10.0. The minimum absolute atomic E-state index is 0.0370. The maximum atomic E-state index is 12.7. The van der Waals surface area contributed by atoms with Crippen molar-refractivity contribution in [3.05, 3.63) is 71.3 Å². The van der Waals surface area contributed by atoms with Gasteiger partial charge in [-0.2, -0.15) is 0 Å². The van der Waals surface area contributed by atoms with E-state index < -0.39 is 0 Å². The summed E-state index contributed by atoms with van der Waals surface area (Å²) in [4.78, 5) is 29.0. The Labute approximate surface area is 172 Å². The molecule has 1 fully saturated rings. The second-order valence-electron chi connectivity index (χ2n) is 7.22. The highest BCUT2D eigenvalue weighted by Gasteiger charge is 2.24. The fourth-order valence-corrected chi connectivity index (χ4v) is 3.58. The van der Waals surface area contributed by atoms with Gasteiger partial charge in [-0.1, -0.05) is 48.5 Å². The quantitative estimate of drug-likeness (QED) is 0.708. The molecule has 152 valence electrons. The summed E-state index contributed by atoms with van der Waals surface area (Å²) >= 11 is 0. The van der Waals surface area contributed by atoms with E-state index in [1.54, 1.807) is 7.11 Å². The molecule has 5 heteroatoms. The number of methoxy groups -OCH3 is 1. The predicted molar refractivity (Wildman–Crippen MR) is 115 cm³/mol. The van der Waals surface area contributed by atoms with Crippen molar-refractivity contribution in [1.29, 1.82) is 0 Å². The highest BCUT2D eigenvalue weighted by molar-refractivity contribution is 5.97. The van der Waals surface area contributed by atoms with Gasteiger partial charge >= 0.3 is 0 Å². The molecule has 0 aromatic heterocycles. The number of ether oxygens (including phenoxy) is 1. The standard InChI is InChI=1S/C24H28N2O3/c1-19(18-20-8-4-3-5-9-20)24(28)26-16-14-25(15-17-26)23(27)13-12-21-10-6-7-11-22(21)29-2/h3-11,18H,12-17H2,1-2H3/b19-18+. The number of aryl methyl sites for hydroxylation is 1. The zero-order chi connectivity index (χ0) is 20.6. The second-order valence-corrected chi connectivity index (χ2v) is 7.22. The summed E-state index contributed by atoms with van der Waals surface area (Å²) in [5.41, 5.74) is 2.77. The van der Waals surface area contributed by atoms with Crippen LogP contribution in [-0.2, 0) is 16.0 Å². The smallest absolute Gasteiger partial charge is 0.249 e. The van der Waals surface area contributed by atoms with Crippen LogP contribution in [0.15, 0.2) is 60.2 Å². The third-order valence-electron chi connectivity index (χ3n) is 5.24. The number of rotatable bonds is 6. The molecule has 0 radical (unpaired) electrons. The fraction of sp³-hybridized carbons (Fsp3) is 0.333. The van der Waals surface area contributed by atoms with Crippen LogP contribution < -0.4 is 4.74 Å². The van der Waals surface area contributed by atoms with E-state index in [1.807, 2.05) is 77.4 Å². The Kier molecular flexibility index (Phi) is 7.06. The number of piperazine rings is 1. The average Bonchev–Trinajstić information content (AvgIpc) is 2.78. The molecule has 5 nitrogen and oxygen atoms in total. The fourth-order valence-electron chi connectivity index (χ4n) is 3.58. The zero-order valence-electron chi connectivity index (χ0n) is 17.1. The van der Waals surface area contributed by atoms with Gasteiger partial charge in [-0.25, -0.2) is 0 Å². The molecule has 0 unspecified atom stereocenters. The van der Waals surface area contributed by atoms with Crippen LogP contribution in [0.25, 0.3) is 6.08 Å². The van der Waals surface area contributed by atoms with Gasteiger partial charge < -0.3 is 14.5 Å². The van der Waals surface area contributed by atoms with Gasteiger partial charge in [-0.15, -0.1) is 0 Å². The summed E-state index contributed by atoms with van der Waals surface area (Å²) in [5.74, 6) is 0.978. The van der Waals surface area contributed by atoms with Gasteiger partial charge in [0.05, 0.1) is 7.11 Å². The molecule has 0 atom stereocenters. The van der Waals surface area contributed by atoms with Crippen LogP contribution in [0.5, 0.6) is 5.75 Å². The average molecular weight is 392 g/mol. The first-order valence-electron chi connectivity index (χ1n) is 10.0. The van der Waals surface area contributed by atoms with Crippen molar-refractivity contribution < 1.29 is 14.3 Å². The number of nitrogens with zero attached hydrogens (tertiary/aromatic N) is 2. The van der Waals surface area contributed by atoms with Gasteiger partial charge in [0.1, 0.15) is 5.75 Å². The molecule has 0 N–H and O–H groups in total. The Morgan fingerprint density at radius 3 is 2.24 bits per heavy atom. The van der Waals surface area contributed by atoms with Crippen LogP contribution in [0.2, 0.25) is 0 Å². The van der Waals surface area contributed by atoms with E-state index in [9.17, 15) is 9.59 Å². The first-order chi connectivity index (χ1) is 14.1. The third kappa shape index (κ3) is 5.47. The molecule has 2 aromatic rings. The molecule has 0 saturated carbocycles. The van der Waals surface area contributed by atoms with Crippen molar-refractivity contribution in [2.24, 2.45) is 0 Å². The lowest BCUT2D eigenvalue weighted by Crippen LogP contribution is -2.50. The zero-order valence-corrected chi connectivity index (χ0v) is 17.1. The summed E-state index contributed by atoms with van der Waals surface area (Å²) < 4.78 is 5.35. The summed E-state index contributed by atoms with van der Waals surface area (Å²) in [5, 5.41) is 0. The lowest BCUT2D eigenvalue weighted by Gasteiger charge is -2.35. The monoisotopic (exact) mass is 392 g/mol. The van der Waals surface area contributed by atoms with Crippen molar-refractivity contribution in [3.8, 4) is 5.75 Å². The summed E-state index contributed by atoms with van der Waals surface area (Å²) in [6.07, 6.45) is 3.01. The Morgan fingerprint density at radius 1 is 0.931 bits per heavy atom. The van der Waals surface area contributed by atoms with Crippen LogP contribution in [-0.4, -0.2) is 54.9 Å². The molecule has 3 rings (SSSR count). The van der Waals surface area contributed by atoms with Gasteiger partial charge in [0, 0.05) is 38.2 Å². The van der Waals surface area contributed by atoms with Crippen molar-refractivity contribution >= 4 is 17.9 Å². The number of carbonyl (C=O) groups excluding carboxylic acids is 2. The summed E-state index contributed by atoms with van der Waals surface area (Å²) in [7, 11) is 1.64. The van der Waals surface area contributed by atoms with Crippen molar-refractivity contribution in [3.63, 3.8) is 0 Å². The van der Waals surface area contributed by atoms with E-state index in [1.165, 1.54) is 0 Å². The molecule has 1 aliphatic rings. The van der Waals surface area contributed by atoms with E-state index in [0.29, 0.717) is 44.6 Å². The molecule has 2 amide bonds. The summed E-state index contributed by atoms with van der Waals surface area (Å²) in [6.45, 7) is 4.14. The largest absolute Gasteiger partial charge is 0.496 e. The summed E-state index contributed by atoms with van der Waals surface area (Å²) in [6, 6.07) is 17.6. The number of benzene rings is 2. The van der Waals surface area contributed by atoms with Gasteiger partial charge in [-0.3, -0.25) is 9.59 Å². The Bertz CT molecular complexity index is 869. The molecule has 0 spiro atoms. The Hall–Kier alpha value is -3.08. The lowest BCUT2D eigenvalue weighted by atomic mass is 10.1. The van der Waals surface area contributed by atoms with Gasteiger partial charge in [-0.05, 0) is 36.6 Å². The van der Waals surface area contributed by atoms with Gasteiger partial charge in [0.25, 0.3) is 0 Å². The van der Waals surface area contributed by atoms with Crippen molar-refractivity contribution in [1.82, 2.24) is 9.80 Å². The molecule has 29 heavy (non-hydrogen) atoms.